The summed E-state index contributed by atoms with van der Waals surface area (Å²) in [5.41, 5.74) is 7.73. The molecule has 21 heavy (non-hydrogen) atoms. The number of pyridine rings is 2. The smallest absolute Gasteiger partial charge is 0.249 e. The minimum Gasteiger partial charge on any atom is -0.399 e. The topological polar surface area (TPSA) is 63.8 Å². The Hall–Kier alpha value is -2.47. The monoisotopic (exact) mass is 306 g/mol. The minimum atomic E-state index is -1.15. The van der Waals surface area contributed by atoms with Crippen molar-refractivity contribution in [2.75, 3.05) is 11.1 Å². The maximum Gasteiger partial charge on any atom is 0.249 e. The van der Waals surface area contributed by atoms with Gasteiger partial charge in [-0.2, -0.15) is 4.39 Å². The summed E-state index contributed by atoms with van der Waals surface area (Å²) in [6.45, 7) is 0. The maximum absolute atomic E-state index is 13.2. The maximum atomic E-state index is 13.2. The van der Waals surface area contributed by atoms with Gasteiger partial charge in [0.15, 0.2) is 5.82 Å². The van der Waals surface area contributed by atoms with E-state index in [0.29, 0.717) is 33.0 Å². The summed E-state index contributed by atoms with van der Waals surface area (Å²) in [5, 5.41) is 4.03. The van der Waals surface area contributed by atoms with Crippen LogP contribution in [0.3, 0.4) is 0 Å². The number of hydrogen-bond donors (Lipinski definition) is 2. The second-order valence-electron chi connectivity index (χ2n) is 4.38. The summed E-state index contributed by atoms with van der Waals surface area (Å²) in [4.78, 5) is 7.50. The molecule has 1 aromatic carbocycles. The number of aromatic nitrogens is 2. The lowest BCUT2D eigenvalue weighted by molar-refractivity contribution is 0.480. The highest BCUT2D eigenvalue weighted by Crippen LogP contribution is 2.31. The molecule has 0 radical (unpaired) electrons. The highest BCUT2D eigenvalue weighted by molar-refractivity contribution is 6.35. The first-order chi connectivity index (χ1) is 10.0. The number of hydrogen-bond acceptors (Lipinski definition) is 4. The highest BCUT2D eigenvalue weighted by Gasteiger charge is 2.09. The van der Waals surface area contributed by atoms with Crippen LogP contribution in [0.4, 0.5) is 25.8 Å². The third kappa shape index (κ3) is 2.57. The van der Waals surface area contributed by atoms with Crippen molar-refractivity contribution in [3.05, 3.63) is 53.4 Å². The molecule has 2 heterocycles. The van der Waals surface area contributed by atoms with Crippen molar-refractivity contribution in [1.29, 1.82) is 0 Å². The molecule has 106 valence electrons. The van der Waals surface area contributed by atoms with Crippen LogP contribution in [0.25, 0.3) is 10.9 Å². The van der Waals surface area contributed by atoms with Crippen molar-refractivity contribution >= 4 is 39.6 Å². The fourth-order valence-electron chi connectivity index (χ4n) is 1.99. The molecular weight excluding hydrogens is 298 g/mol. The highest BCUT2D eigenvalue weighted by atomic mass is 35.5. The van der Waals surface area contributed by atoms with E-state index >= 15 is 0 Å². The van der Waals surface area contributed by atoms with Gasteiger partial charge in [-0.15, -0.1) is 0 Å². The molecule has 0 saturated heterocycles. The van der Waals surface area contributed by atoms with E-state index in [2.05, 4.69) is 15.3 Å². The summed E-state index contributed by atoms with van der Waals surface area (Å²) in [7, 11) is 0. The van der Waals surface area contributed by atoms with Crippen LogP contribution < -0.4 is 11.1 Å². The van der Waals surface area contributed by atoms with E-state index in [1.165, 1.54) is 6.20 Å². The van der Waals surface area contributed by atoms with Gasteiger partial charge in [0.05, 0.1) is 22.4 Å². The zero-order valence-electron chi connectivity index (χ0n) is 10.6. The second kappa shape index (κ2) is 5.14. The number of benzene rings is 1. The quantitative estimate of drug-likeness (QED) is 0.557. The van der Waals surface area contributed by atoms with Crippen LogP contribution in [0.2, 0.25) is 5.02 Å². The Morgan fingerprint density at radius 2 is 1.95 bits per heavy atom. The molecule has 0 unspecified atom stereocenters. The van der Waals surface area contributed by atoms with E-state index in [0.717, 1.165) is 6.07 Å². The lowest BCUT2D eigenvalue weighted by atomic mass is 10.1. The van der Waals surface area contributed by atoms with E-state index in [1.54, 1.807) is 24.4 Å². The predicted molar refractivity (Wildman–Crippen MR) is 78.6 cm³/mol. The molecule has 0 aliphatic heterocycles. The summed E-state index contributed by atoms with van der Waals surface area (Å²) < 4.78 is 26.0. The van der Waals surface area contributed by atoms with Crippen molar-refractivity contribution in [1.82, 2.24) is 9.97 Å². The summed E-state index contributed by atoms with van der Waals surface area (Å²) in [6.07, 6.45) is 2.75. The fraction of sp³-hybridized carbons (Fsp3) is 0. The largest absolute Gasteiger partial charge is 0.399 e. The average Bonchev–Trinajstić information content (AvgIpc) is 2.44. The van der Waals surface area contributed by atoms with Crippen LogP contribution in [0.1, 0.15) is 0 Å². The molecule has 0 fully saturated rings. The minimum absolute atomic E-state index is 0.306. The second-order valence-corrected chi connectivity index (χ2v) is 4.79. The molecule has 0 bridgehead atoms. The lowest BCUT2D eigenvalue weighted by Gasteiger charge is -2.10. The zero-order chi connectivity index (χ0) is 15.0. The normalized spacial score (nSPS) is 10.8. The number of nitrogens with zero attached hydrogens (tertiary/aromatic N) is 2. The van der Waals surface area contributed by atoms with Gasteiger partial charge in [-0.1, -0.05) is 11.6 Å². The van der Waals surface area contributed by atoms with Crippen molar-refractivity contribution in [3.63, 3.8) is 0 Å². The number of nitrogens with one attached hydrogen (secondary N) is 1. The number of nitrogen functional groups attached to an aromatic ring is 1. The first kappa shape index (κ1) is 13.5. The van der Waals surface area contributed by atoms with Gasteiger partial charge in [-0.3, -0.25) is 4.98 Å². The first-order valence-electron chi connectivity index (χ1n) is 5.96. The fourth-order valence-corrected chi connectivity index (χ4v) is 2.26. The van der Waals surface area contributed by atoms with Crippen LogP contribution >= 0.6 is 11.6 Å². The molecule has 0 atom stereocenters. The first-order valence-corrected chi connectivity index (χ1v) is 6.34. The molecule has 2 aromatic heterocycles. The number of nitrogens with two attached hydrogens (primary N) is 1. The molecule has 3 rings (SSSR count). The van der Waals surface area contributed by atoms with Gasteiger partial charge in [-0.05, 0) is 18.2 Å². The lowest BCUT2D eigenvalue weighted by Crippen LogP contribution is -1.97. The molecule has 0 aliphatic rings. The molecule has 0 aliphatic carbocycles. The molecule has 7 heteroatoms. The van der Waals surface area contributed by atoms with Gasteiger partial charge < -0.3 is 11.1 Å². The van der Waals surface area contributed by atoms with Crippen LogP contribution in [0, 0.1) is 11.8 Å². The molecule has 3 aromatic rings. The Morgan fingerprint density at radius 1 is 1.14 bits per heavy atom. The van der Waals surface area contributed by atoms with Crippen molar-refractivity contribution in [2.45, 2.75) is 0 Å². The van der Waals surface area contributed by atoms with E-state index in [4.69, 9.17) is 17.3 Å². The van der Waals surface area contributed by atoms with Crippen LogP contribution in [-0.4, -0.2) is 9.97 Å². The van der Waals surface area contributed by atoms with E-state index in [1.807, 2.05) is 0 Å². The van der Waals surface area contributed by atoms with Crippen molar-refractivity contribution in [2.24, 2.45) is 0 Å². The van der Waals surface area contributed by atoms with Gasteiger partial charge in [0.25, 0.3) is 0 Å². The van der Waals surface area contributed by atoms with Gasteiger partial charge >= 0.3 is 0 Å². The standard InChI is InChI=1S/C14H9ClF2N4/c15-10-4-7(18)3-9-12(1-2-19-13(9)10)21-8-5-11(16)14(17)20-6-8/h1-6H,18H2,(H,19,21). The van der Waals surface area contributed by atoms with Crippen LogP contribution in [0.15, 0.2) is 36.7 Å². The Morgan fingerprint density at radius 3 is 2.71 bits per heavy atom. The molecule has 3 N–H and O–H groups in total. The van der Waals surface area contributed by atoms with E-state index < -0.39 is 11.8 Å². The van der Waals surface area contributed by atoms with Gasteiger partial charge in [0.1, 0.15) is 0 Å². The number of halogens is 3. The van der Waals surface area contributed by atoms with Gasteiger partial charge in [0.2, 0.25) is 5.95 Å². The summed E-state index contributed by atoms with van der Waals surface area (Å²) >= 11 is 6.09. The van der Waals surface area contributed by atoms with E-state index in [-0.39, 0.29) is 0 Å². The molecule has 0 amide bonds. The third-order valence-corrected chi connectivity index (χ3v) is 3.18. The van der Waals surface area contributed by atoms with Gasteiger partial charge in [-0.25, -0.2) is 9.37 Å². The Labute approximate surface area is 123 Å². The Kier molecular flexibility index (Phi) is 3.31. The molecule has 0 spiro atoms. The summed E-state index contributed by atoms with van der Waals surface area (Å²) in [6, 6.07) is 5.99. The Bertz CT molecular complexity index is 839. The number of anilines is 3. The average molecular weight is 307 g/mol. The van der Waals surface area contributed by atoms with Gasteiger partial charge in [0, 0.05) is 29.0 Å². The van der Waals surface area contributed by atoms with Crippen LogP contribution in [-0.2, 0) is 0 Å². The predicted octanol–water partition coefficient (Wildman–Crippen LogP) is 3.89. The molecule has 0 saturated carbocycles. The van der Waals surface area contributed by atoms with Crippen molar-refractivity contribution in [3.8, 4) is 0 Å². The number of rotatable bonds is 2. The summed E-state index contributed by atoms with van der Waals surface area (Å²) in [5.74, 6) is -2.18. The van der Waals surface area contributed by atoms with Crippen molar-refractivity contribution < 1.29 is 8.78 Å². The van der Waals surface area contributed by atoms with E-state index in [9.17, 15) is 8.78 Å². The SMILES string of the molecule is Nc1cc(Cl)c2nccc(Nc3cnc(F)c(F)c3)c2c1. The molecular formula is C14H9ClF2N4. The zero-order valence-corrected chi connectivity index (χ0v) is 11.3. The molecule has 4 nitrogen and oxygen atoms in total. The number of fused-ring (bicyclic) bond motifs is 1. The third-order valence-electron chi connectivity index (χ3n) is 2.90. The van der Waals surface area contributed by atoms with Crippen LogP contribution in [0.5, 0.6) is 0 Å². The Balaban J connectivity index is 2.10.